The van der Waals surface area contributed by atoms with Gasteiger partial charge in [0.25, 0.3) is 28.5 Å². The number of benzene rings is 6. The van der Waals surface area contributed by atoms with E-state index < -0.39 is 0 Å². The van der Waals surface area contributed by atoms with E-state index in [1.165, 1.54) is 98.8 Å². The van der Waals surface area contributed by atoms with Gasteiger partial charge in [-0.05, 0) is 369 Å². The zero-order valence-corrected chi connectivity index (χ0v) is 89.0. The summed E-state index contributed by atoms with van der Waals surface area (Å²) in [7, 11) is 4.00. The van der Waals surface area contributed by atoms with Gasteiger partial charge in [0.15, 0.2) is 0 Å². The predicted octanol–water partition coefficient (Wildman–Crippen LogP) is 29.9. The molecule has 0 N–H and O–H groups in total. The first-order chi connectivity index (χ1) is 71.2. The van der Waals surface area contributed by atoms with Gasteiger partial charge in [-0.1, -0.05) is 163 Å². The van der Waals surface area contributed by atoms with Crippen molar-refractivity contribution in [2.45, 2.75) is 214 Å². The Morgan fingerprint density at radius 1 is 0.329 bits per heavy atom. The molecule has 0 fully saturated rings. The van der Waals surface area contributed by atoms with Crippen LogP contribution in [-0.2, 0) is 69.0 Å². The molecule has 13 heterocycles. The summed E-state index contributed by atoms with van der Waals surface area (Å²) in [5, 5.41) is 46.1. The van der Waals surface area contributed by atoms with Crippen LogP contribution in [0.1, 0.15) is 246 Å². The number of aryl methyl sites for hydroxylation is 2. The lowest BCUT2D eigenvalue weighted by atomic mass is 9.69. The van der Waals surface area contributed by atoms with Crippen molar-refractivity contribution in [1.29, 1.82) is 26.3 Å². The predicted molar refractivity (Wildman–Crippen MR) is 599 cm³/mol. The van der Waals surface area contributed by atoms with Crippen LogP contribution in [0.4, 0.5) is 28.4 Å². The Hall–Kier alpha value is -17.0. The monoisotopic (exact) mass is 1970 g/mol. The van der Waals surface area contributed by atoms with Gasteiger partial charge in [0.2, 0.25) is 0 Å². The van der Waals surface area contributed by atoms with Gasteiger partial charge in [-0.3, -0.25) is 0 Å². The second kappa shape index (κ2) is 44.9. The van der Waals surface area contributed by atoms with Crippen LogP contribution in [0.2, 0.25) is 0 Å². The molecule has 0 saturated heterocycles. The van der Waals surface area contributed by atoms with Crippen molar-refractivity contribution in [3.05, 3.63) is 437 Å². The van der Waals surface area contributed by atoms with Gasteiger partial charge >= 0.3 is 0 Å². The maximum Gasteiger partial charge on any atom is 0.269 e. The lowest BCUT2D eigenvalue weighted by Crippen LogP contribution is -2.44. The van der Waals surface area contributed by atoms with Crippen LogP contribution in [-0.4, -0.2) is 66.5 Å². The van der Waals surface area contributed by atoms with Crippen molar-refractivity contribution >= 4 is 64.6 Å². The smallest absolute Gasteiger partial charge is 0.269 e. The summed E-state index contributed by atoms with van der Waals surface area (Å²) in [4.78, 5) is 28.9. The summed E-state index contributed by atoms with van der Waals surface area (Å²) in [6, 6.07) is 46.3. The van der Waals surface area contributed by atoms with Crippen LogP contribution in [0.5, 0.6) is 0 Å². The lowest BCUT2D eigenvalue weighted by molar-refractivity contribution is 0.304. The number of nitrogens with zero attached hydrogens (tertiary/aromatic N) is 15. The largest absolute Gasteiger partial charge is 0.462 e. The normalized spacial score (nSPS) is 20.6. The summed E-state index contributed by atoms with van der Waals surface area (Å²) in [5.41, 5.74) is 29.1. The highest BCUT2D eigenvalue weighted by Gasteiger charge is 2.44. The molecule has 0 aliphatic carbocycles. The third-order valence-electron chi connectivity index (χ3n) is 30.1. The molecule has 20 nitrogen and oxygen atoms in total. The van der Waals surface area contributed by atoms with E-state index in [4.69, 9.17) is 67.1 Å². The first kappa shape index (κ1) is 106. The minimum Gasteiger partial charge on any atom is -0.462 e. The highest BCUT2D eigenvalue weighted by atomic mass is 16.5. The molecule has 6 aromatic rings. The van der Waals surface area contributed by atoms with E-state index in [0.717, 1.165) is 130 Å². The molecule has 13 aliphatic heterocycles. The van der Waals surface area contributed by atoms with Crippen LogP contribution in [0.15, 0.2) is 302 Å². The average molecular weight is 1970 g/mol. The topological polar surface area (TPSA) is 203 Å². The number of nitriles is 5. The second-order valence-electron chi connectivity index (χ2n) is 43.7. The minimum absolute atomic E-state index is 0.0550. The Labute approximate surface area is 881 Å². The molecule has 0 spiro atoms. The zero-order valence-electron chi connectivity index (χ0n) is 89.0. The molecule has 0 aromatic heterocycles. The van der Waals surface area contributed by atoms with Crippen molar-refractivity contribution in [2.24, 2.45) is 0 Å². The van der Waals surface area contributed by atoms with Crippen molar-refractivity contribution in [2.75, 3.05) is 91.0 Å². The summed E-state index contributed by atoms with van der Waals surface area (Å²) in [5.74, 6) is 6.55. The number of allylic oxidation sites excluding steroid dienone is 29. The summed E-state index contributed by atoms with van der Waals surface area (Å²) >= 11 is 0. The molecule has 0 saturated carbocycles. The SMILES string of the molecule is [C-]#[N+]/C(C#N)=C1/C=C(C)OC(/C=C/c2cc3c4c(c2)C(C)(C)CCN4CCC3(C)C)=C1.[C-]#[N+]/C(C#N)=C1/C=C(C)OC(/C=C/c2cc3c4c(c2)CCCN4CCC3)=C1.[C-]#[N+]/C(C#N)=C1/C=C(C)OC(/C=C/c2ccc(N(C)C)cc2)=C1.[C-]#[N+]/C(C#N)=C1C=C(/C=C/c2cc3c4c(c2)C(C)(C)CCN4CCC3(C)C)OC(CC)=C\1.[C-]#[N+]/C(C#N)=C1C=C(/C=C/c2cc3c4c(c2)C(C)(C)CCN4CCC3(C)C)OC(c2ccccc2)=C\1. The van der Waals surface area contributed by atoms with Crippen LogP contribution < -0.4 is 24.5 Å². The molecule has 6 aromatic carbocycles. The van der Waals surface area contributed by atoms with Crippen LogP contribution >= 0.6 is 0 Å². The van der Waals surface area contributed by atoms with E-state index >= 15 is 0 Å². The van der Waals surface area contributed by atoms with E-state index in [9.17, 15) is 15.8 Å². The van der Waals surface area contributed by atoms with Crippen LogP contribution in [0, 0.1) is 89.5 Å². The Morgan fingerprint density at radius 2 is 0.604 bits per heavy atom. The van der Waals surface area contributed by atoms with Gasteiger partial charge in [0.1, 0.15) is 57.6 Å². The molecule has 13 aliphatic rings. The van der Waals surface area contributed by atoms with E-state index in [1.807, 2.05) is 161 Å². The molecule has 0 bridgehead atoms. The third kappa shape index (κ3) is 24.2. The van der Waals surface area contributed by atoms with Crippen molar-refractivity contribution in [1.82, 2.24) is 0 Å². The minimum atomic E-state index is 0.0550. The average Bonchev–Trinajstić information content (AvgIpc) is 0.717. The molecule has 0 unspecified atom stereocenters. The summed E-state index contributed by atoms with van der Waals surface area (Å²) in [6.07, 6.45) is 49.7. The maximum atomic E-state index is 9.48. The van der Waals surface area contributed by atoms with Crippen molar-refractivity contribution in [3.8, 4) is 30.3 Å². The third-order valence-corrected chi connectivity index (χ3v) is 30.1. The van der Waals surface area contributed by atoms with Gasteiger partial charge in [0.05, 0.1) is 63.2 Å². The fraction of sp³-hybridized carbons (Fsp3) is 0.333. The molecule has 750 valence electrons. The molecular formula is C129H129N15O5. The highest BCUT2D eigenvalue weighted by molar-refractivity contribution is 5.78. The zero-order chi connectivity index (χ0) is 107. The molecular weight excluding hydrogens is 1840 g/mol. The van der Waals surface area contributed by atoms with Gasteiger partial charge in [0, 0.05) is 107 Å². The lowest BCUT2D eigenvalue weighted by Gasteiger charge is -2.48. The van der Waals surface area contributed by atoms with Crippen LogP contribution in [0.3, 0.4) is 0 Å². The standard InChI is InChI=1S/C32H31N3O.C28H31N3O.C27H29N3O.C23H21N3O.C19H17N3O/c1-31(2)13-15-35-16-14-32(3,4)27-18-22(17-26(31)30(27)35)11-12-25-19-24(28(21-33)34-5)20-29(36-25)23-9-7-6-8-10-23;1-7-21-16-20(25(18-29)30-6)17-22(32-21)9-8-19-14-23-26-24(15-19)28(4,5)11-13-31(26)12-10-27(23,2)3;1-18-13-20(24(17-28)29-6)16-21(31-18)8-7-19-14-22-25-23(15-19)27(4,5)10-12-30(25)11-9-26(22,2)3;1-16-11-20(22(15-24)25-2)14-21(27-16)8-7-17-12-18-5-3-9-26-10-4-6-19(13-17)23(18)26;1-14-11-16(19(13-20)21-2)12-18(23-14)10-7-15-5-8-17(9-6-15)22(3)4/h6-12,17-20H,13-16H2,1-4H3;8-9,14-17H,7,10-13H2,1-5H3;7-8,13-16H,9-12H2,1-5H3;7-8,11-14H,3-6,9-10H2,1H3;5-12H,1,3-4H3/b12-11+,28-24+;9-8+,25-20-;8-7+,24-20-;8-7+,22-20-;10-7+,19-16-. The number of rotatable bonds is 13. The Balaban J connectivity index is 0.000000140. The van der Waals surface area contributed by atoms with E-state index in [1.54, 1.807) is 67.7 Å². The van der Waals surface area contributed by atoms with Crippen molar-refractivity contribution in [3.63, 3.8) is 0 Å². The van der Waals surface area contributed by atoms with Gasteiger partial charge in [-0.15, -0.1) is 0 Å². The van der Waals surface area contributed by atoms with E-state index in [-0.39, 0.29) is 61.0 Å². The van der Waals surface area contributed by atoms with Gasteiger partial charge in [-0.25, -0.2) is 50.5 Å². The molecule has 0 radical (unpaired) electrons. The maximum absolute atomic E-state index is 9.48. The second-order valence-corrected chi connectivity index (χ2v) is 43.7. The van der Waals surface area contributed by atoms with Crippen LogP contribution in [0.25, 0.3) is 60.4 Å². The fourth-order valence-corrected chi connectivity index (χ4v) is 21.2. The van der Waals surface area contributed by atoms with Crippen molar-refractivity contribution < 1.29 is 23.7 Å². The Bertz CT molecular complexity index is 7350. The number of hydrogen-bond donors (Lipinski definition) is 0. The molecule has 0 atom stereocenters. The molecule has 19 rings (SSSR count). The first-order valence-corrected chi connectivity index (χ1v) is 51.3. The molecule has 20 heteroatoms. The van der Waals surface area contributed by atoms with E-state index in [2.05, 4.69) is 200 Å². The quantitative estimate of drug-likeness (QED) is 0.0779. The summed E-state index contributed by atoms with van der Waals surface area (Å²) < 4.78 is 29.4. The summed E-state index contributed by atoms with van der Waals surface area (Å²) in [6.45, 7) is 80.9. The molecule has 149 heavy (non-hydrogen) atoms. The van der Waals surface area contributed by atoms with E-state index in [0.29, 0.717) is 86.1 Å². The Kier molecular flexibility index (Phi) is 32.1. The molecule has 0 amide bonds. The number of ether oxygens (including phenoxy) is 5. The van der Waals surface area contributed by atoms with Gasteiger partial charge < -0.3 is 48.2 Å². The number of hydrogen-bond acceptors (Lipinski definition) is 15. The Morgan fingerprint density at radius 3 is 0.899 bits per heavy atom. The first-order valence-electron chi connectivity index (χ1n) is 51.3. The highest BCUT2D eigenvalue weighted by Crippen LogP contribution is 2.54. The fourth-order valence-electron chi connectivity index (χ4n) is 21.2. The number of anilines is 5. The van der Waals surface area contributed by atoms with Gasteiger partial charge in [-0.2, -0.15) is 0 Å².